The van der Waals surface area contributed by atoms with Gasteiger partial charge in [0.25, 0.3) is 11.7 Å². The molecule has 1 N–H and O–H groups in total. The molecule has 5 nitrogen and oxygen atoms in total. The Hall–Kier alpha value is -2.86. The first-order chi connectivity index (χ1) is 14.4. The number of halogens is 2. The van der Waals surface area contributed by atoms with Gasteiger partial charge in [0.15, 0.2) is 0 Å². The molecule has 1 aliphatic rings. The number of aliphatic hydroxyl groups excluding tert-OH is 1. The fraction of sp³-hybridized carbons (Fsp3) is 0.304. The second-order valence-electron chi connectivity index (χ2n) is 7.07. The SMILES string of the molecule is CCCCCN1C(=O)C(=O)/C(=C(/O)c2ccc(OC)c(Cl)c2)C1c1ccccc1F. The fourth-order valence-corrected chi connectivity index (χ4v) is 3.89. The number of carbonyl (C=O) groups excluding carboxylic acids is 2. The van der Waals surface area contributed by atoms with E-state index in [2.05, 4.69) is 0 Å². The van der Waals surface area contributed by atoms with Crippen molar-refractivity contribution in [2.75, 3.05) is 13.7 Å². The number of methoxy groups -OCH3 is 1. The molecule has 1 aliphatic heterocycles. The Morgan fingerprint density at radius 3 is 2.57 bits per heavy atom. The van der Waals surface area contributed by atoms with E-state index in [-0.39, 0.29) is 28.3 Å². The van der Waals surface area contributed by atoms with Crippen molar-refractivity contribution in [1.82, 2.24) is 4.90 Å². The van der Waals surface area contributed by atoms with Crippen LogP contribution in [0, 0.1) is 5.82 Å². The van der Waals surface area contributed by atoms with Crippen LogP contribution in [-0.4, -0.2) is 35.4 Å². The number of ketones is 1. The molecular weight excluding hydrogens is 409 g/mol. The number of carbonyl (C=O) groups is 2. The van der Waals surface area contributed by atoms with E-state index >= 15 is 0 Å². The highest BCUT2D eigenvalue weighted by Crippen LogP contribution is 2.41. The van der Waals surface area contributed by atoms with Gasteiger partial charge >= 0.3 is 0 Å². The molecule has 1 heterocycles. The average Bonchev–Trinajstić information content (AvgIpc) is 2.98. The summed E-state index contributed by atoms with van der Waals surface area (Å²) in [4.78, 5) is 27.0. The third kappa shape index (κ3) is 4.05. The minimum atomic E-state index is -1.01. The molecular formula is C23H23ClFNO4. The molecule has 1 fully saturated rings. The summed E-state index contributed by atoms with van der Waals surface area (Å²) in [5.74, 6) is -2.14. The predicted molar refractivity (Wildman–Crippen MR) is 113 cm³/mol. The summed E-state index contributed by atoms with van der Waals surface area (Å²) < 4.78 is 19.8. The number of rotatable bonds is 7. The Balaban J connectivity index is 2.15. The normalized spacial score (nSPS) is 18.1. The van der Waals surface area contributed by atoms with Gasteiger partial charge in [0.2, 0.25) is 0 Å². The monoisotopic (exact) mass is 431 g/mol. The number of hydrogen-bond donors (Lipinski definition) is 1. The van der Waals surface area contributed by atoms with Gasteiger partial charge in [-0.25, -0.2) is 4.39 Å². The zero-order valence-electron chi connectivity index (χ0n) is 16.8. The number of ether oxygens (including phenoxy) is 1. The lowest BCUT2D eigenvalue weighted by atomic mass is 9.95. The van der Waals surface area contributed by atoms with Crippen LogP contribution in [0.5, 0.6) is 5.75 Å². The minimum absolute atomic E-state index is 0.150. The van der Waals surface area contributed by atoms with Crippen molar-refractivity contribution in [2.45, 2.75) is 32.2 Å². The van der Waals surface area contributed by atoms with Crippen molar-refractivity contribution >= 4 is 29.1 Å². The average molecular weight is 432 g/mol. The third-order valence-corrected chi connectivity index (χ3v) is 5.46. The van der Waals surface area contributed by atoms with E-state index in [0.29, 0.717) is 12.2 Å². The van der Waals surface area contributed by atoms with Gasteiger partial charge in [0.05, 0.1) is 23.7 Å². The zero-order chi connectivity index (χ0) is 21.8. The molecule has 3 rings (SSSR count). The Labute approximate surface area is 179 Å². The number of nitrogens with zero attached hydrogens (tertiary/aromatic N) is 1. The Morgan fingerprint density at radius 1 is 1.20 bits per heavy atom. The van der Waals surface area contributed by atoms with Crippen LogP contribution in [0.3, 0.4) is 0 Å². The van der Waals surface area contributed by atoms with Crippen LogP contribution in [0.15, 0.2) is 48.0 Å². The van der Waals surface area contributed by atoms with E-state index in [0.717, 1.165) is 12.8 Å². The summed E-state index contributed by atoms with van der Waals surface area (Å²) in [5.41, 5.74) is 0.255. The topological polar surface area (TPSA) is 66.8 Å². The van der Waals surface area contributed by atoms with Crippen LogP contribution in [0.1, 0.15) is 43.4 Å². The molecule has 1 saturated heterocycles. The van der Waals surface area contributed by atoms with Crippen LogP contribution < -0.4 is 4.74 Å². The van der Waals surface area contributed by atoms with E-state index in [1.54, 1.807) is 12.1 Å². The number of Topliss-reactive ketones (excluding diaryl/α,β-unsaturated/α-hetero) is 1. The first kappa shape index (κ1) is 21.8. The van der Waals surface area contributed by atoms with Gasteiger partial charge in [0.1, 0.15) is 17.3 Å². The van der Waals surface area contributed by atoms with Crippen molar-refractivity contribution in [3.63, 3.8) is 0 Å². The van der Waals surface area contributed by atoms with Gasteiger partial charge in [-0.2, -0.15) is 0 Å². The first-order valence-corrected chi connectivity index (χ1v) is 10.1. The van der Waals surface area contributed by atoms with Gasteiger partial charge in [-0.15, -0.1) is 0 Å². The standard InChI is InChI=1S/C23H23ClFNO4/c1-3-4-7-12-26-20(15-8-5-6-9-17(15)25)19(22(28)23(26)29)21(27)14-10-11-18(30-2)16(24)13-14/h5-6,8-11,13,20,27H,3-4,7,12H2,1-2H3/b21-19+. The molecule has 0 bridgehead atoms. The molecule has 7 heteroatoms. The summed E-state index contributed by atoms with van der Waals surface area (Å²) in [6.07, 6.45) is 2.46. The van der Waals surface area contributed by atoms with Gasteiger partial charge in [0, 0.05) is 17.7 Å². The van der Waals surface area contributed by atoms with E-state index < -0.39 is 29.3 Å². The number of unbranched alkanes of at least 4 members (excludes halogenated alkanes) is 2. The highest BCUT2D eigenvalue weighted by Gasteiger charge is 2.46. The van der Waals surface area contributed by atoms with E-state index in [1.165, 1.54) is 42.3 Å². The van der Waals surface area contributed by atoms with E-state index in [9.17, 15) is 19.1 Å². The number of likely N-dealkylation sites (tertiary alicyclic amines) is 1. The summed E-state index contributed by atoms with van der Waals surface area (Å²) in [7, 11) is 1.46. The van der Waals surface area contributed by atoms with E-state index in [4.69, 9.17) is 16.3 Å². The highest BCUT2D eigenvalue weighted by atomic mass is 35.5. The predicted octanol–water partition coefficient (Wildman–Crippen LogP) is 5.10. The number of benzene rings is 2. The van der Waals surface area contributed by atoms with Gasteiger partial charge in [-0.1, -0.05) is 49.6 Å². The fourth-order valence-electron chi connectivity index (χ4n) is 3.63. The quantitative estimate of drug-likeness (QED) is 0.286. The largest absolute Gasteiger partial charge is 0.507 e. The van der Waals surface area contributed by atoms with Crippen LogP contribution in [0.2, 0.25) is 5.02 Å². The van der Waals surface area contributed by atoms with Gasteiger partial charge in [-0.05, 0) is 30.7 Å². The van der Waals surface area contributed by atoms with Crippen LogP contribution in [0.4, 0.5) is 4.39 Å². The maximum Gasteiger partial charge on any atom is 0.295 e. The molecule has 0 aliphatic carbocycles. The van der Waals surface area contributed by atoms with Crippen molar-refractivity contribution < 1.29 is 23.8 Å². The lowest BCUT2D eigenvalue weighted by Gasteiger charge is -2.25. The maximum absolute atomic E-state index is 14.7. The molecule has 0 radical (unpaired) electrons. The first-order valence-electron chi connectivity index (χ1n) is 9.77. The van der Waals surface area contributed by atoms with Crippen LogP contribution >= 0.6 is 11.6 Å². The lowest BCUT2D eigenvalue weighted by Crippen LogP contribution is -2.31. The van der Waals surface area contributed by atoms with Crippen LogP contribution in [0.25, 0.3) is 5.76 Å². The van der Waals surface area contributed by atoms with Gasteiger partial charge in [-0.3, -0.25) is 9.59 Å². The molecule has 158 valence electrons. The van der Waals surface area contributed by atoms with Crippen LogP contribution in [-0.2, 0) is 9.59 Å². The van der Waals surface area contributed by atoms with E-state index in [1.807, 2.05) is 6.92 Å². The van der Waals surface area contributed by atoms with Crippen molar-refractivity contribution in [1.29, 1.82) is 0 Å². The van der Waals surface area contributed by atoms with Gasteiger partial charge < -0.3 is 14.7 Å². The third-order valence-electron chi connectivity index (χ3n) is 5.17. The summed E-state index contributed by atoms with van der Waals surface area (Å²) >= 11 is 6.16. The number of hydrogen-bond acceptors (Lipinski definition) is 4. The molecule has 0 spiro atoms. The number of aliphatic hydroxyl groups is 1. The van der Waals surface area contributed by atoms with Crippen molar-refractivity contribution in [2.24, 2.45) is 0 Å². The zero-order valence-corrected chi connectivity index (χ0v) is 17.6. The molecule has 1 unspecified atom stereocenters. The lowest BCUT2D eigenvalue weighted by molar-refractivity contribution is -0.139. The molecule has 0 aromatic heterocycles. The molecule has 2 aromatic rings. The Bertz CT molecular complexity index is 1000. The summed E-state index contributed by atoms with van der Waals surface area (Å²) in [5, 5.41) is 11.2. The van der Waals surface area contributed by atoms with Crippen molar-refractivity contribution in [3.05, 3.63) is 70.0 Å². The van der Waals surface area contributed by atoms with Crippen molar-refractivity contribution in [3.8, 4) is 5.75 Å². The second kappa shape index (κ2) is 9.30. The summed E-state index contributed by atoms with van der Waals surface area (Å²) in [6.45, 7) is 2.31. The highest BCUT2D eigenvalue weighted by molar-refractivity contribution is 6.46. The Kier molecular flexibility index (Phi) is 6.77. The second-order valence-corrected chi connectivity index (χ2v) is 7.48. The molecule has 1 amide bonds. The maximum atomic E-state index is 14.7. The molecule has 1 atom stereocenters. The molecule has 2 aromatic carbocycles. The minimum Gasteiger partial charge on any atom is -0.507 e. The Morgan fingerprint density at radius 2 is 1.93 bits per heavy atom. The summed E-state index contributed by atoms with van der Waals surface area (Å²) in [6, 6.07) is 9.47. The molecule has 30 heavy (non-hydrogen) atoms. The smallest absolute Gasteiger partial charge is 0.295 e. The molecule has 0 saturated carbocycles. The number of amides is 1.